The zero-order chi connectivity index (χ0) is 16.0. The van der Waals surface area contributed by atoms with Crippen molar-refractivity contribution in [1.82, 2.24) is 4.31 Å². The molecule has 0 saturated carbocycles. The van der Waals surface area contributed by atoms with Crippen molar-refractivity contribution in [3.8, 4) is 0 Å². The number of sulfonamides is 1. The number of hydrogen-bond acceptors (Lipinski definition) is 3. The molecule has 0 saturated heterocycles. The summed E-state index contributed by atoms with van der Waals surface area (Å²) in [6.45, 7) is 5.39. The van der Waals surface area contributed by atoms with Crippen molar-refractivity contribution < 1.29 is 18.3 Å². The molecule has 0 aliphatic rings. The zero-order valence-electron chi connectivity index (χ0n) is 12.7. The molecule has 1 aromatic carbocycles. The Hall–Kier alpha value is -1.40. The fourth-order valence-electron chi connectivity index (χ4n) is 2.12. The largest absolute Gasteiger partial charge is 0.481 e. The topological polar surface area (TPSA) is 74.7 Å². The van der Waals surface area contributed by atoms with E-state index in [1.54, 1.807) is 6.92 Å². The number of hydrogen-bond donors (Lipinski definition) is 1. The van der Waals surface area contributed by atoms with Gasteiger partial charge in [-0.1, -0.05) is 51.1 Å². The van der Waals surface area contributed by atoms with E-state index in [9.17, 15) is 13.2 Å². The van der Waals surface area contributed by atoms with Crippen LogP contribution >= 0.6 is 0 Å². The van der Waals surface area contributed by atoms with Gasteiger partial charge < -0.3 is 5.11 Å². The van der Waals surface area contributed by atoms with Crippen LogP contribution < -0.4 is 0 Å². The van der Waals surface area contributed by atoms with E-state index >= 15 is 0 Å². The Balaban J connectivity index is 2.81. The van der Waals surface area contributed by atoms with E-state index in [1.165, 1.54) is 11.2 Å². The molecule has 0 radical (unpaired) electrons. The molecule has 0 aliphatic heterocycles. The Labute approximate surface area is 126 Å². The molecule has 0 spiro atoms. The highest BCUT2D eigenvalue weighted by molar-refractivity contribution is 7.89. The van der Waals surface area contributed by atoms with Crippen LogP contribution in [0.2, 0.25) is 0 Å². The molecule has 2 atom stereocenters. The monoisotopic (exact) mass is 313 g/mol. The summed E-state index contributed by atoms with van der Waals surface area (Å²) in [6, 6.07) is 9.44. The maximum Gasteiger partial charge on any atom is 0.307 e. The summed E-state index contributed by atoms with van der Waals surface area (Å²) in [5.74, 6) is -1.85. The molecule has 6 heteroatoms. The number of carboxylic acid groups (broad SMARTS) is 1. The summed E-state index contributed by atoms with van der Waals surface area (Å²) < 4.78 is 26.1. The molecule has 0 aliphatic carbocycles. The molecule has 118 valence electrons. The van der Waals surface area contributed by atoms with Crippen LogP contribution in [0, 0.1) is 5.92 Å². The number of benzene rings is 1. The lowest BCUT2D eigenvalue weighted by atomic mass is 10.0. The fourth-order valence-corrected chi connectivity index (χ4v) is 4.00. The van der Waals surface area contributed by atoms with Gasteiger partial charge in [0, 0.05) is 13.1 Å². The van der Waals surface area contributed by atoms with Gasteiger partial charge in [-0.05, 0) is 11.5 Å². The van der Waals surface area contributed by atoms with E-state index in [2.05, 4.69) is 0 Å². The van der Waals surface area contributed by atoms with Crippen LogP contribution in [-0.4, -0.2) is 42.6 Å². The Bertz CT molecular complexity index is 556. The molecule has 1 rings (SSSR count). The van der Waals surface area contributed by atoms with Crippen molar-refractivity contribution in [3.05, 3.63) is 35.9 Å². The minimum atomic E-state index is -3.48. The molecule has 0 bridgehead atoms. The van der Waals surface area contributed by atoms with Crippen molar-refractivity contribution in [2.24, 2.45) is 5.92 Å². The first-order valence-electron chi connectivity index (χ1n) is 7.03. The summed E-state index contributed by atoms with van der Waals surface area (Å²) in [6.07, 6.45) is 0. The van der Waals surface area contributed by atoms with Crippen LogP contribution in [0.15, 0.2) is 30.3 Å². The zero-order valence-corrected chi connectivity index (χ0v) is 13.5. The first-order valence-corrected chi connectivity index (χ1v) is 8.64. The van der Waals surface area contributed by atoms with E-state index in [4.69, 9.17) is 5.11 Å². The average Bonchev–Trinajstić information content (AvgIpc) is 2.44. The lowest BCUT2D eigenvalue weighted by Gasteiger charge is -2.24. The van der Waals surface area contributed by atoms with Gasteiger partial charge in [0.05, 0.1) is 11.7 Å². The van der Waals surface area contributed by atoms with Crippen LogP contribution in [0.4, 0.5) is 0 Å². The van der Waals surface area contributed by atoms with Crippen LogP contribution in [0.1, 0.15) is 32.3 Å². The minimum Gasteiger partial charge on any atom is -0.481 e. The molecule has 1 aromatic rings. The van der Waals surface area contributed by atoms with E-state index < -0.39 is 21.9 Å². The van der Waals surface area contributed by atoms with Crippen LogP contribution in [0.3, 0.4) is 0 Å². The summed E-state index contributed by atoms with van der Waals surface area (Å²) in [4.78, 5) is 10.9. The van der Waals surface area contributed by atoms with Gasteiger partial charge in [-0.15, -0.1) is 0 Å². The molecule has 0 fully saturated rings. The first kappa shape index (κ1) is 17.7. The van der Waals surface area contributed by atoms with Gasteiger partial charge in [-0.3, -0.25) is 4.79 Å². The fraction of sp³-hybridized carbons (Fsp3) is 0.533. The third-order valence-corrected chi connectivity index (χ3v) is 5.59. The van der Waals surface area contributed by atoms with Gasteiger partial charge in [0.25, 0.3) is 0 Å². The van der Waals surface area contributed by atoms with Gasteiger partial charge in [0.1, 0.15) is 0 Å². The molecule has 5 nitrogen and oxygen atoms in total. The summed E-state index contributed by atoms with van der Waals surface area (Å²) in [5.41, 5.74) is 0.961. The lowest BCUT2D eigenvalue weighted by Crippen LogP contribution is -2.39. The van der Waals surface area contributed by atoms with Crippen molar-refractivity contribution in [1.29, 1.82) is 0 Å². The summed E-state index contributed by atoms with van der Waals surface area (Å²) in [5, 5.41) is 8.93. The second-order valence-electron chi connectivity index (χ2n) is 5.28. The van der Waals surface area contributed by atoms with Crippen molar-refractivity contribution in [2.75, 3.05) is 18.8 Å². The third-order valence-electron chi connectivity index (χ3n) is 3.47. The molecule has 2 unspecified atom stereocenters. The molecular weight excluding hydrogens is 290 g/mol. The highest BCUT2D eigenvalue weighted by Crippen LogP contribution is 2.19. The smallest absolute Gasteiger partial charge is 0.307 e. The lowest BCUT2D eigenvalue weighted by molar-refractivity contribution is -0.141. The highest BCUT2D eigenvalue weighted by Gasteiger charge is 2.27. The maximum absolute atomic E-state index is 12.4. The Morgan fingerprint density at radius 1 is 1.24 bits per heavy atom. The number of nitrogens with zero attached hydrogens (tertiary/aromatic N) is 1. The predicted molar refractivity (Wildman–Crippen MR) is 82.7 cm³/mol. The van der Waals surface area contributed by atoms with Crippen molar-refractivity contribution in [2.45, 2.75) is 26.7 Å². The van der Waals surface area contributed by atoms with E-state index in [1.807, 2.05) is 37.3 Å². The van der Waals surface area contributed by atoms with Gasteiger partial charge in [0.15, 0.2) is 0 Å². The van der Waals surface area contributed by atoms with Crippen molar-refractivity contribution >= 4 is 16.0 Å². The molecular formula is C15H23NO4S. The second kappa shape index (κ2) is 7.56. The summed E-state index contributed by atoms with van der Waals surface area (Å²) in [7, 11) is -3.48. The summed E-state index contributed by atoms with van der Waals surface area (Å²) >= 11 is 0. The predicted octanol–water partition coefficient (Wildman–Crippen LogP) is 2.16. The Morgan fingerprint density at radius 3 is 2.29 bits per heavy atom. The van der Waals surface area contributed by atoms with Gasteiger partial charge in [-0.2, -0.15) is 0 Å². The second-order valence-corrected chi connectivity index (χ2v) is 7.29. The van der Waals surface area contributed by atoms with Crippen LogP contribution in [-0.2, 0) is 14.8 Å². The molecule has 0 aromatic heterocycles. The molecule has 1 N–H and O–H groups in total. The first-order chi connectivity index (χ1) is 9.77. The highest BCUT2D eigenvalue weighted by atomic mass is 32.2. The van der Waals surface area contributed by atoms with Gasteiger partial charge in [0.2, 0.25) is 10.0 Å². The number of rotatable bonds is 8. The van der Waals surface area contributed by atoms with Gasteiger partial charge in [-0.25, -0.2) is 12.7 Å². The van der Waals surface area contributed by atoms with Crippen LogP contribution in [0.5, 0.6) is 0 Å². The SMILES string of the molecule is CCN(CC(C)C(=O)O)S(=O)(=O)CC(C)c1ccccc1. The van der Waals surface area contributed by atoms with Crippen LogP contribution in [0.25, 0.3) is 0 Å². The maximum atomic E-state index is 12.4. The Morgan fingerprint density at radius 2 is 1.81 bits per heavy atom. The van der Waals surface area contributed by atoms with Crippen molar-refractivity contribution in [3.63, 3.8) is 0 Å². The molecule has 0 heterocycles. The number of carbonyl (C=O) groups is 1. The third kappa shape index (κ3) is 5.13. The normalized spacial score (nSPS) is 14.9. The number of carboxylic acids is 1. The average molecular weight is 313 g/mol. The minimum absolute atomic E-state index is 0.00960. The quantitative estimate of drug-likeness (QED) is 0.798. The van der Waals surface area contributed by atoms with E-state index in [0.717, 1.165) is 5.56 Å². The number of aliphatic carboxylic acids is 1. The Kier molecular flexibility index (Phi) is 6.36. The molecule has 21 heavy (non-hydrogen) atoms. The molecule has 0 amide bonds. The van der Waals surface area contributed by atoms with E-state index in [0.29, 0.717) is 0 Å². The van der Waals surface area contributed by atoms with Gasteiger partial charge >= 0.3 is 5.97 Å². The van der Waals surface area contributed by atoms with E-state index in [-0.39, 0.29) is 24.8 Å². The standard InChI is InChI=1S/C15H23NO4S/c1-4-16(10-12(2)15(17)18)21(19,20)11-13(3)14-8-6-5-7-9-14/h5-9,12-13H,4,10-11H2,1-3H3,(H,17,18).